The van der Waals surface area contributed by atoms with Crippen LogP contribution in [0.1, 0.15) is 96.6 Å². The fourth-order valence-corrected chi connectivity index (χ4v) is 5.17. The number of likely N-dealkylation sites (N-methyl/N-ethyl adjacent to an activating group) is 1. The Morgan fingerprint density at radius 1 is 0.731 bits per heavy atom. The Morgan fingerprint density at radius 2 is 1.38 bits per heavy atom. The molecule has 0 aliphatic carbocycles. The van der Waals surface area contributed by atoms with Gasteiger partial charge in [-0.1, -0.05) is 93.8 Å². The van der Waals surface area contributed by atoms with Gasteiger partial charge in [-0.15, -0.1) is 0 Å². The Hall–Kier alpha value is -4.77. The summed E-state index contributed by atoms with van der Waals surface area (Å²) in [6, 6.07) is 18.7. The maximum atomic E-state index is 13.2. The van der Waals surface area contributed by atoms with Crippen LogP contribution in [0.3, 0.4) is 0 Å². The Bertz CT molecular complexity index is 1490. The average molecular weight is 721 g/mol. The predicted octanol–water partition coefficient (Wildman–Crippen LogP) is 5.99. The number of phenols is 1. The first-order valence-corrected chi connectivity index (χ1v) is 18.5. The first-order valence-electron chi connectivity index (χ1n) is 18.5. The van der Waals surface area contributed by atoms with Gasteiger partial charge in [-0.2, -0.15) is 0 Å². The van der Waals surface area contributed by atoms with Crippen LogP contribution in [-0.4, -0.2) is 71.4 Å². The van der Waals surface area contributed by atoms with E-state index in [-0.39, 0.29) is 37.0 Å². The van der Waals surface area contributed by atoms with Gasteiger partial charge in [0, 0.05) is 25.8 Å². The number of phenolic OH excluding ortho intramolecular Hbond substituents is 1. The van der Waals surface area contributed by atoms with E-state index in [4.69, 9.17) is 5.11 Å². The standard InChI is InChI=1S/C32H46N4O6.C7H8O.C2H6/c1-3-33-22-30(39)35-28(21-24-17-18-25-13-8-9-14-26(25)20-24)31(40)36-27(32(41)42)15-10-11-19-34-29(38)16-7-5-4-6-12-23(2)37;1-6-2-4-7(8)5-3-6;1-2/h8-9,13-14,17-18,20,27-28,33H,3-7,10-12,15-16,19,21-22H2,1-2H3,(H,34,38)(H,35,39)(H,36,40)(H,41,42);2-5,8H,1H3;1-2H3. The molecule has 0 radical (unpaired) electrons. The fourth-order valence-electron chi connectivity index (χ4n) is 5.17. The molecule has 2 atom stereocenters. The lowest BCUT2D eigenvalue weighted by atomic mass is 10.0. The number of unbranched alkanes of at least 4 members (excludes halogenated alkanes) is 4. The van der Waals surface area contributed by atoms with E-state index in [0.29, 0.717) is 44.5 Å². The van der Waals surface area contributed by atoms with E-state index in [1.165, 1.54) is 5.56 Å². The number of carbonyl (C=O) groups is 5. The number of aliphatic carboxylic acids is 1. The number of ketones is 1. The molecule has 3 aromatic carbocycles. The van der Waals surface area contributed by atoms with Gasteiger partial charge in [0.05, 0.1) is 6.54 Å². The van der Waals surface area contributed by atoms with Crippen molar-refractivity contribution in [1.29, 1.82) is 0 Å². The first-order chi connectivity index (χ1) is 25.0. The van der Waals surface area contributed by atoms with Gasteiger partial charge in [0.1, 0.15) is 23.6 Å². The summed E-state index contributed by atoms with van der Waals surface area (Å²) >= 11 is 0. The van der Waals surface area contributed by atoms with Gasteiger partial charge in [-0.3, -0.25) is 14.4 Å². The number of nitrogens with one attached hydrogen (secondary N) is 4. The molecule has 11 heteroatoms. The number of Topliss-reactive ketones (excluding diaryl/α,β-unsaturated/α-hetero) is 1. The molecule has 286 valence electrons. The van der Waals surface area contributed by atoms with Gasteiger partial charge in [-0.05, 0) is 81.0 Å². The van der Waals surface area contributed by atoms with Crippen molar-refractivity contribution in [2.24, 2.45) is 0 Å². The van der Waals surface area contributed by atoms with E-state index in [0.717, 1.165) is 42.0 Å². The van der Waals surface area contributed by atoms with Crippen LogP contribution in [-0.2, 0) is 30.4 Å². The minimum Gasteiger partial charge on any atom is -0.508 e. The molecule has 0 bridgehead atoms. The van der Waals surface area contributed by atoms with Gasteiger partial charge >= 0.3 is 5.97 Å². The Kier molecular flexibility index (Phi) is 23.5. The summed E-state index contributed by atoms with van der Waals surface area (Å²) in [6.45, 7) is 10.5. The average Bonchev–Trinajstić information content (AvgIpc) is 3.13. The molecule has 0 aromatic heterocycles. The van der Waals surface area contributed by atoms with Crippen molar-refractivity contribution in [3.63, 3.8) is 0 Å². The van der Waals surface area contributed by atoms with Crippen LogP contribution in [0.5, 0.6) is 5.75 Å². The summed E-state index contributed by atoms with van der Waals surface area (Å²) in [6.07, 6.45) is 5.92. The number of carboxylic acids is 1. The highest BCUT2D eigenvalue weighted by atomic mass is 16.4. The van der Waals surface area contributed by atoms with Crippen molar-refractivity contribution in [3.8, 4) is 5.75 Å². The molecule has 0 fully saturated rings. The molecule has 0 aliphatic heterocycles. The third-order valence-electron chi connectivity index (χ3n) is 8.01. The Labute approximate surface area is 309 Å². The fraction of sp³-hybridized carbons (Fsp3) is 0.488. The normalized spacial score (nSPS) is 11.5. The molecule has 3 aromatic rings. The van der Waals surface area contributed by atoms with Gasteiger partial charge in [0.15, 0.2) is 0 Å². The monoisotopic (exact) mass is 720 g/mol. The maximum Gasteiger partial charge on any atom is 0.326 e. The van der Waals surface area contributed by atoms with Gasteiger partial charge in [0.2, 0.25) is 17.7 Å². The molecule has 3 amide bonds. The van der Waals surface area contributed by atoms with Crippen molar-refractivity contribution < 1.29 is 34.2 Å². The van der Waals surface area contributed by atoms with Crippen LogP contribution in [0.15, 0.2) is 66.7 Å². The second kappa shape index (κ2) is 27.0. The number of aromatic hydroxyl groups is 1. The van der Waals surface area contributed by atoms with Crippen LogP contribution in [0.2, 0.25) is 0 Å². The molecule has 0 heterocycles. The maximum absolute atomic E-state index is 13.2. The van der Waals surface area contributed by atoms with Crippen molar-refractivity contribution in [1.82, 2.24) is 21.3 Å². The van der Waals surface area contributed by atoms with E-state index < -0.39 is 24.0 Å². The van der Waals surface area contributed by atoms with E-state index in [1.54, 1.807) is 19.1 Å². The third-order valence-corrected chi connectivity index (χ3v) is 8.01. The topological polar surface area (TPSA) is 174 Å². The number of carbonyl (C=O) groups excluding carboxylic acids is 4. The molecule has 3 rings (SSSR count). The van der Waals surface area contributed by atoms with Crippen molar-refractivity contribution in [3.05, 3.63) is 77.9 Å². The lowest BCUT2D eigenvalue weighted by Crippen LogP contribution is -2.53. The zero-order valence-corrected chi connectivity index (χ0v) is 31.6. The SMILES string of the molecule is CC.CCNCC(=O)NC(Cc1ccc2ccccc2c1)C(=O)NC(CCCCNC(=O)CCCCCCC(C)=O)C(=O)O.Cc1ccc(O)cc1. The first kappa shape index (κ1) is 45.3. The number of amides is 3. The molecule has 2 unspecified atom stereocenters. The quantitative estimate of drug-likeness (QED) is 0.0728. The zero-order chi connectivity index (χ0) is 38.7. The summed E-state index contributed by atoms with van der Waals surface area (Å²) < 4.78 is 0. The van der Waals surface area contributed by atoms with Crippen molar-refractivity contribution in [2.45, 2.75) is 111 Å². The Balaban J connectivity index is 0.00000117. The number of benzene rings is 3. The van der Waals surface area contributed by atoms with Crippen LogP contribution in [0, 0.1) is 6.92 Å². The second-order valence-corrected chi connectivity index (χ2v) is 12.5. The highest BCUT2D eigenvalue weighted by Gasteiger charge is 2.26. The van der Waals surface area contributed by atoms with Gasteiger partial charge in [0.25, 0.3) is 0 Å². The van der Waals surface area contributed by atoms with Gasteiger partial charge in [-0.25, -0.2) is 4.79 Å². The molecule has 0 aliphatic rings. The molecule has 0 spiro atoms. The minimum atomic E-state index is -1.15. The summed E-state index contributed by atoms with van der Waals surface area (Å²) in [5.41, 5.74) is 2.01. The zero-order valence-electron chi connectivity index (χ0n) is 31.6. The summed E-state index contributed by atoms with van der Waals surface area (Å²) in [5, 5.41) is 31.7. The number of aryl methyl sites for hydroxylation is 1. The summed E-state index contributed by atoms with van der Waals surface area (Å²) in [5.74, 6) is -1.59. The van der Waals surface area contributed by atoms with Crippen molar-refractivity contribution in [2.75, 3.05) is 19.6 Å². The smallest absolute Gasteiger partial charge is 0.326 e. The summed E-state index contributed by atoms with van der Waals surface area (Å²) in [4.78, 5) is 60.6. The molecule has 6 N–H and O–H groups in total. The molecular weight excluding hydrogens is 660 g/mol. The highest BCUT2D eigenvalue weighted by Crippen LogP contribution is 2.17. The lowest BCUT2D eigenvalue weighted by molar-refractivity contribution is -0.142. The lowest BCUT2D eigenvalue weighted by Gasteiger charge is -2.22. The van der Waals surface area contributed by atoms with Crippen LogP contribution >= 0.6 is 0 Å². The van der Waals surface area contributed by atoms with E-state index >= 15 is 0 Å². The molecule has 0 saturated carbocycles. The number of hydrogen-bond acceptors (Lipinski definition) is 7. The summed E-state index contributed by atoms with van der Waals surface area (Å²) in [7, 11) is 0. The van der Waals surface area contributed by atoms with E-state index in [1.807, 2.05) is 82.3 Å². The number of fused-ring (bicyclic) bond motifs is 1. The second-order valence-electron chi connectivity index (χ2n) is 12.5. The predicted molar refractivity (Wildman–Crippen MR) is 207 cm³/mol. The van der Waals surface area contributed by atoms with Gasteiger partial charge < -0.3 is 36.3 Å². The van der Waals surface area contributed by atoms with E-state index in [9.17, 15) is 29.1 Å². The van der Waals surface area contributed by atoms with Crippen LogP contribution in [0.25, 0.3) is 10.8 Å². The molecule has 52 heavy (non-hydrogen) atoms. The minimum absolute atomic E-state index is 0.0468. The van der Waals surface area contributed by atoms with E-state index in [2.05, 4.69) is 21.3 Å². The number of rotatable bonds is 21. The number of carboxylic acid groups (broad SMARTS) is 1. The molecular formula is C41H60N4O7. The third kappa shape index (κ3) is 20.2. The molecule has 11 nitrogen and oxygen atoms in total. The number of hydrogen-bond donors (Lipinski definition) is 6. The Morgan fingerprint density at radius 3 is 2.00 bits per heavy atom. The molecule has 0 saturated heterocycles. The van der Waals surface area contributed by atoms with Crippen LogP contribution < -0.4 is 21.3 Å². The highest BCUT2D eigenvalue weighted by molar-refractivity contribution is 5.91. The largest absolute Gasteiger partial charge is 0.508 e. The van der Waals surface area contributed by atoms with Crippen molar-refractivity contribution >= 4 is 40.2 Å². The van der Waals surface area contributed by atoms with Crippen LogP contribution in [0.4, 0.5) is 0 Å².